The van der Waals surface area contributed by atoms with E-state index in [0.717, 1.165) is 35.3 Å². The van der Waals surface area contributed by atoms with Crippen molar-refractivity contribution in [2.75, 3.05) is 6.54 Å². The standard InChI is InChI=1S/C17H24N6.HI/c1-4-18-17(21-15-6-7-15)20-11-14-5-8-16(19-10-14)23-13(3)9-12(2)22-23;/h5,8-10,15H,4,6-7,11H2,1-3H3,(H2,18,20,21);1H. The van der Waals surface area contributed by atoms with Crippen molar-refractivity contribution in [1.82, 2.24) is 25.4 Å². The Labute approximate surface area is 160 Å². The van der Waals surface area contributed by atoms with Gasteiger partial charge in [0.2, 0.25) is 0 Å². The molecule has 0 unspecified atom stereocenters. The normalized spacial score (nSPS) is 14.2. The molecule has 1 fully saturated rings. The summed E-state index contributed by atoms with van der Waals surface area (Å²) in [6.45, 7) is 7.59. The number of pyridine rings is 1. The van der Waals surface area contributed by atoms with Gasteiger partial charge in [0.1, 0.15) is 0 Å². The van der Waals surface area contributed by atoms with Crippen LogP contribution in [-0.4, -0.2) is 33.3 Å². The highest BCUT2D eigenvalue weighted by molar-refractivity contribution is 14.0. The van der Waals surface area contributed by atoms with Crippen LogP contribution in [0.1, 0.15) is 36.7 Å². The molecule has 1 aliphatic carbocycles. The molecule has 0 spiro atoms. The summed E-state index contributed by atoms with van der Waals surface area (Å²) in [6, 6.07) is 6.69. The van der Waals surface area contributed by atoms with Gasteiger partial charge in [0.05, 0.1) is 12.2 Å². The summed E-state index contributed by atoms with van der Waals surface area (Å²) in [5.74, 6) is 1.73. The van der Waals surface area contributed by atoms with Gasteiger partial charge >= 0.3 is 0 Å². The summed E-state index contributed by atoms with van der Waals surface area (Å²) in [5.41, 5.74) is 3.17. The molecule has 0 amide bonds. The highest BCUT2D eigenvalue weighted by Gasteiger charge is 2.22. The van der Waals surface area contributed by atoms with Gasteiger partial charge in [0.25, 0.3) is 0 Å². The molecule has 0 radical (unpaired) electrons. The smallest absolute Gasteiger partial charge is 0.191 e. The van der Waals surface area contributed by atoms with Crippen molar-refractivity contribution in [3.8, 4) is 5.82 Å². The lowest BCUT2D eigenvalue weighted by Gasteiger charge is -2.10. The first-order valence-corrected chi connectivity index (χ1v) is 8.19. The summed E-state index contributed by atoms with van der Waals surface area (Å²) >= 11 is 0. The molecule has 2 aromatic rings. The van der Waals surface area contributed by atoms with E-state index in [0.29, 0.717) is 12.6 Å². The van der Waals surface area contributed by atoms with Crippen LogP contribution in [0.15, 0.2) is 29.4 Å². The van der Waals surface area contributed by atoms with Crippen LogP contribution in [0.4, 0.5) is 0 Å². The number of nitrogens with one attached hydrogen (secondary N) is 2. The van der Waals surface area contributed by atoms with E-state index in [-0.39, 0.29) is 24.0 Å². The highest BCUT2D eigenvalue weighted by Crippen LogP contribution is 2.18. The van der Waals surface area contributed by atoms with Crippen molar-refractivity contribution < 1.29 is 0 Å². The summed E-state index contributed by atoms with van der Waals surface area (Å²) in [7, 11) is 0. The second-order valence-electron chi connectivity index (χ2n) is 5.98. The van der Waals surface area contributed by atoms with Crippen LogP contribution < -0.4 is 10.6 Å². The average Bonchev–Trinajstić information content (AvgIpc) is 3.29. The molecular weight excluding hydrogens is 415 g/mol. The molecule has 7 heteroatoms. The minimum Gasteiger partial charge on any atom is -0.357 e. The van der Waals surface area contributed by atoms with Gasteiger partial charge in [-0.15, -0.1) is 24.0 Å². The third-order valence-corrected chi connectivity index (χ3v) is 3.72. The van der Waals surface area contributed by atoms with Crippen molar-refractivity contribution in [2.24, 2.45) is 4.99 Å². The molecule has 0 aromatic carbocycles. The fraction of sp³-hybridized carbons (Fsp3) is 0.471. The van der Waals surface area contributed by atoms with Crippen molar-refractivity contribution in [3.63, 3.8) is 0 Å². The zero-order valence-electron chi connectivity index (χ0n) is 14.4. The van der Waals surface area contributed by atoms with Crippen LogP contribution in [0.25, 0.3) is 5.82 Å². The van der Waals surface area contributed by atoms with Gasteiger partial charge < -0.3 is 10.6 Å². The van der Waals surface area contributed by atoms with Crippen LogP contribution in [0.3, 0.4) is 0 Å². The fourth-order valence-corrected chi connectivity index (χ4v) is 2.41. The minimum absolute atomic E-state index is 0. The molecule has 2 heterocycles. The maximum atomic E-state index is 4.62. The molecule has 24 heavy (non-hydrogen) atoms. The monoisotopic (exact) mass is 440 g/mol. The quantitative estimate of drug-likeness (QED) is 0.427. The summed E-state index contributed by atoms with van der Waals surface area (Å²) in [4.78, 5) is 9.13. The first-order chi connectivity index (χ1) is 11.2. The Morgan fingerprint density at radius 3 is 2.67 bits per heavy atom. The van der Waals surface area contributed by atoms with E-state index < -0.39 is 0 Å². The van der Waals surface area contributed by atoms with Crippen molar-refractivity contribution >= 4 is 29.9 Å². The molecule has 3 rings (SSSR count). The molecule has 2 N–H and O–H groups in total. The number of halogens is 1. The van der Waals surface area contributed by atoms with Crippen molar-refractivity contribution in [2.45, 2.75) is 46.2 Å². The number of aromatic nitrogens is 3. The number of guanidine groups is 1. The lowest BCUT2D eigenvalue weighted by Crippen LogP contribution is -2.38. The first kappa shape index (κ1) is 18.7. The molecular formula is C17H25IN6. The largest absolute Gasteiger partial charge is 0.357 e. The van der Waals surface area contributed by atoms with E-state index in [4.69, 9.17) is 0 Å². The Bertz CT molecular complexity index is 688. The van der Waals surface area contributed by atoms with Crippen LogP contribution in [0.5, 0.6) is 0 Å². The van der Waals surface area contributed by atoms with Crippen molar-refractivity contribution in [1.29, 1.82) is 0 Å². The van der Waals surface area contributed by atoms with E-state index >= 15 is 0 Å². The third-order valence-electron chi connectivity index (χ3n) is 3.72. The predicted molar refractivity (Wildman–Crippen MR) is 107 cm³/mol. The Morgan fingerprint density at radius 2 is 2.12 bits per heavy atom. The number of hydrogen-bond acceptors (Lipinski definition) is 3. The number of hydrogen-bond donors (Lipinski definition) is 2. The van der Waals surface area contributed by atoms with Crippen LogP contribution in [0, 0.1) is 13.8 Å². The number of aryl methyl sites for hydroxylation is 2. The Kier molecular flexibility index (Phi) is 6.59. The molecule has 6 nitrogen and oxygen atoms in total. The Balaban J connectivity index is 0.00000208. The zero-order valence-corrected chi connectivity index (χ0v) is 16.7. The molecule has 1 saturated carbocycles. The molecule has 0 bridgehead atoms. The van der Waals surface area contributed by atoms with Crippen LogP contribution >= 0.6 is 24.0 Å². The van der Waals surface area contributed by atoms with Crippen LogP contribution in [-0.2, 0) is 6.54 Å². The zero-order chi connectivity index (χ0) is 16.2. The van der Waals surface area contributed by atoms with Crippen LogP contribution in [0.2, 0.25) is 0 Å². The second-order valence-corrected chi connectivity index (χ2v) is 5.98. The maximum Gasteiger partial charge on any atom is 0.191 e. The van der Waals surface area contributed by atoms with Gasteiger partial charge in [-0.2, -0.15) is 5.10 Å². The molecule has 0 atom stereocenters. The SMILES string of the molecule is CCNC(=NCc1ccc(-n2nc(C)cc2C)nc1)NC1CC1.I. The van der Waals surface area contributed by atoms with Gasteiger partial charge in [0, 0.05) is 24.5 Å². The van der Waals surface area contributed by atoms with Gasteiger partial charge in [0.15, 0.2) is 11.8 Å². The Morgan fingerprint density at radius 1 is 1.33 bits per heavy atom. The minimum atomic E-state index is 0. The Hall–Kier alpha value is -1.64. The lowest BCUT2D eigenvalue weighted by molar-refractivity contribution is 0.799. The number of aliphatic imine (C=N–C) groups is 1. The van der Waals surface area contributed by atoms with Gasteiger partial charge in [-0.25, -0.2) is 14.7 Å². The van der Waals surface area contributed by atoms with Gasteiger partial charge in [-0.1, -0.05) is 6.07 Å². The first-order valence-electron chi connectivity index (χ1n) is 8.19. The summed E-state index contributed by atoms with van der Waals surface area (Å²) in [5, 5.41) is 11.1. The number of rotatable bonds is 5. The molecule has 0 aliphatic heterocycles. The van der Waals surface area contributed by atoms with E-state index in [1.165, 1.54) is 12.8 Å². The number of nitrogens with zero attached hydrogens (tertiary/aromatic N) is 4. The van der Waals surface area contributed by atoms with Gasteiger partial charge in [-0.05, 0) is 51.3 Å². The maximum absolute atomic E-state index is 4.62. The van der Waals surface area contributed by atoms with E-state index in [1.54, 1.807) is 0 Å². The highest BCUT2D eigenvalue weighted by atomic mass is 127. The molecule has 0 saturated heterocycles. The lowest BCUT2D eigenvalue weighted by atomic mass is 10.3. The van der Waals surface area contributed by atoms with Gasteiger partial charge in [-0.3, -0.25) is 0 Å². The summed E-state index contributed by atoms with van der Waals surface area (Å²) < 4.78 is 1.86. The fourth-order valence-electron chi connectivity index (χ4n) is 2.41. The topological polar surface area (TPSA) is 67.1 Å². The summed E-state index contributed by atoms with van der Waals surface area (Å²) in [6.07, 6.45) is 4.35. The average molecular weight is 440 g/mol. The molecule has 1 aliphatic rings. The van der Waals surface area contributed by atoms with E-state index in [9.17, 15) is 0 Å². The molecule has 2 aromatic heterocycles. The van der Waals surface area contributed by atoms with E-state index in [2.05, 4.69) is 38.7 Å². The van der Waals surface area contributed by atoms with E-state index in [1.807, 2.05) is 36.9 Å². The third kappa shape index (κ3) is 4.93. The van der Waals surface area contributed by atoms with Crippen molar-refractivity contribution in [3.05, 3.63) is 41.3 Å². The molecule has 130 valence electrons. The predicted octanol–water partition coefficient (Wildman–Crippen LogP) is 2.72. The second kappa shape index (κ2) is 8.46.